The molecule has 1 saturated carbocycles. The van der Waals surface area contributed by atoms with Crippen LogP contribution in [0.1, 0.15) is 32.1 Å². The number of carbonyl (C=O) groups is 2. The van der Waals surface area contributed by atoms with Crippen LogP contribution < -0.4 is 26.0 Å². The highest BCUT2D eigenvalue weighted by atomic mass is 35.5. The van der Waals surface area contributed by atoms with Crippen molar-refractivity contribution in [2.75, 3.05) is 23.1 Å². The number of fused-ring (bicyclic) bond motifs is 2. The van der Waals surface area contributed by atoms with Gasteiger partial charge in [0.25, 0.3) is 0 Å². The summed E-state index contributed by atoms with van der Waals surface area (Å²) in [6, 6.07) is 34.0. The maximum absolute atomic E-state index is 12.4. The van der Waals surface area contributed by atoms with Crippen molar-refractivity contribution in [3.8, 4) is 28.0 Å². The zero-order valence-corrected chi connectivity index (χ0v) is 30.9. The number of nitrogens with one attached hydrogen (secondary N) is 6. The van der Waals surface area contributed by atoms with Gasteiger partial charge in [-0.15, -0.1) is 0 Å². The molecule has 13 heteroatoms. The Morgan fingerprint density at radius 3 is 1.65 bits per heavy atom. The molecule has 54 heavy (non-hydrogen) atoms. The van der Waals surface area contributed by atoms with Gasteiger partial charge in [-0.2, -0.15) is 10.2 Å². The van der Waals surface area contributed by atoms with Gasteiger partial charge in [-0.05, 0) is 72.5 Å². The molecule has 7 aromatic rings. The van der Waals surface area contributed by atoms with Crippen molar-refractivity contribution in [1.29, 1.82) is 0 Å². The predicted molar refractivity (Wildman–Crippen MR) is 218 cm³/mol. The second-order valence-electron chi connectivity index (χ2n) is 12.9. The Hall–Kier alpha value is -6.04. The first kappa shape index (κ1) is 36.3. The molecule has 0 spiro atoms. The molecule has 0 saturated heterocycles. The smallest absolute Gasteiger partial charge is 0.324 e. The summed E-state index contributed by atoms with van der Waals surface area (Å²) in [5.74, 6) is 1.66. The highest BCUT2D eigenvalue weighted by molar-refractivity contribution is 6.35. The molecule has 0 unspecified atom stereocenters. The number of urea groups is 2. The summed E-state index contributed by atoms with van der Waals surface area (Å²) in [6.45, 7) is 0. The van der Waals surface area contributed by atoms with E-state index in [0.29, 0.717) is 27.4 Å². The largest absolute Gasteiger partial charge is 0.497 e. The Morgan fingerprint density at radius 1 is 0.648 bits per heavy atom. The van der Waals surface area contributed by atoms with Gasteiger partial charge in [-0.1, -0.05) is 103 Å². The maximum atomic E-state index is 12.4. The molecule has 0 aliphatic heterocycles. The number of aromatic nitrogens is 4. The van der Waals surface area contributed by atoms with E-state index in [1.54, 1.807) is 37.4 Å². The van der Waals surface area contributed by atoms with E-state index in [1.807, 2.05) is 78.9 Å². The standard InChI is InChI=1S/C21H17ClN4O2.C20H21ClN4O/c1-28-15-9-7-14(8-10-15)23-21(27)24-20-17-11-16(13-5-3-2-4-6-13)18(22)12-19(17)25-26-20;21-17-12-18-16(11-15(17)13-7-3-1-4-8-13)19(25-24-18)23-20(26)22-14-9-5-2-6-10-14/h2-12H,1H3,(H3,23,24,25,26,27);1,3-4,7-8,11-12,14H,2,5-6,9-10H2,(H3,22,23,24,25,26). The number of amides is 4. The van der Waals surface area contributed by atoms with Gasteiger partial charge in [0.15, 0.2) is 11.6 Å². The topological polar surface area (TPSA) is 149 Å². The van der Waals surface area contributed by atoms with E-state index in [9.17, 15) is 9.59 Å². The first-order valence-electron chi connectivity index (χ1n) is 17.6. The van der Waals surface area contributed by atoms with Crippen molar-refractivity contribution in [2.24, 2.45) is 0 Å². The number of halogens is 2. The van der Waals surface area contributed by atoms with Crippen LogP contribution in [0.4, 0.5) is 26.9 Å². The second kappa shape index (κ2) is 16.7. The lowest BCUT2D eigenvalue weighted by atomic mass is 9.96. The summed E-state index contributed by atoms with van der Waals surface area (Å²) in [6.07, 6.45) is 5.70. The van der Waals surface area contributed by atoms with Gasteiger partial charge >= 0.3 is 12.1 Å². The van der Waals surface area contributed by atoms with E-state index < -0.39 is 6.03 Å². The molecule has 0 radical (unpaired) electrons. The van der Waals surface area contributed by atoms with Gasteiger partial charge in [-0.25, -0.2) is 9.59 Å². The van der Waals surface area contributed by atoms with E-state index in [1.165, 1.54) is 19.3 Å². The molecule has 11 nitrogen and oxygen atoms in total. The lowest BCUT2D eigenvalue weighted by Gasteiger charge is -2.22. The minimum absolute atomic E-state index is 0.207. The fraction of sp³-hybridized carbons (Fsp3) is 0.171. The average molecular weight is 762 g/mol. The number of rotatable bonds is 7. The Kier molecular flexibility index (Phi) is 11.3. The van der Waals surface area contributed by atoms with Crippen LogP contribution in [0.3, 0.4) is 0 Å². The van der Waals surface area contributed by atoms with Crippen molar-refractivity contribution in [2.45, 2.75) is 38.1 Å². The molecule has 2 heterocycles. The number of benzene rings is 5. The molecule has 8 rings (SSSR count). The predicted octanol–water partition coefficient (Wildman–Crippen LogP) is 10.9. The lowest BCUT2D eigenvalue weighted by Crippen LogP contribution is -2.39. The van der Waals surface area contributed by atoms with E-state index in [4.69, 9.17) is 27.9 Å². The van der Waals surface area contributed by atoms with Crippen LogP contribution in [0.2, 0.25) is 10.0 Å². The number of nitrogens with zero attached hydrogens (tertiary/aromatic N) is 2. The van der Waals surface area contributed by atoms with Crippen molar-refractivity contribution < 1.29 is 14.3 Å². The molecule has 1 aliphatic carbocycles. The van der Waals surface area contributed by atoms with E-state index >= 15 is 0 Å². The third-order valence-electron chi connectivity index (χ3n) is 9.22. The fourth-order valence-corrected chi connectivity index (χ4v) is 7.01. The van der Waals surface area contributed by atoms with Gasteiger partial charge in [-0.3, -0.25) is 20.8 Å². The number of ether oxygens (including phenoxy) is 1. The molecular formula is C41H38Cl2N8O3. The van der Waals surface area contributed by atoms with Gasteiger partial charge in [0.1, 0.15) is 5.75 Å². The lowest BCUT2D eigenvalue weighted by molar-refractivity contribution is 0.244. The monoisotopic (exact) mass is 760 g/mol. The van der Waals surface area contributed by atoms with Gasteiger partial charge in [0, 0.05) is 33.6 Å². The summed E-state index contributed by atoms with van der Waals surface area (Å²) in [5.41, 5.74) is 5.98. The minimum Gasteiger partial charge on any atom is -0.497 e. The van der Waals surface area contributed by atoms with E-state index in [2.05, 4.69) is 41.7 Å². The first-order chi connectivity index (χ1) is 26.3. The number of methoxy groups -OCH3 is 1. The Bertz CT molecular complexity index is 2380. The number of anilines is 3. The molecule has 0 bridgehead atoms. The molecule has 0 atom stereocenters. The number of aromatic amines is 2. The van der Waals surface area contributed by atoms with E-state index in [0.717, 1.165) is 62.7 Å². The average Bonchev–Trinajstić information content (AvgIpc) is 3.77. The third-order valence-corrected chi connectivity index (χ3v) is 9.85. The summed E-state index contributed by atoms with van der Waals surface area (Å²) < 4.78 is 5.11. The minimum atomic E-state index is -0.394. The second-order valence-corrected chi connectivity index (χ2v) is 13.7. The zero-order chi connectivity index (χ0) is 37.4. The number of hydrogen-bond donors (Lipinski definition) is 6. The van der Waals surface area contributed by atoms with Crippen LogP contribution in [0, 0.1) is 0 Å². The highest BCUT2D eigenvalue weighted by Crippen LogP contribution is 2.35. The molecule has 4 amide bonds. The molecule has 5 aromatic carbocycles. The van der Waals surface area contributed by atoms with Crippen molar-refractivity contribution in [3.05, 3.63) is 119 Å². The zero-order valence-electron chi connectivity index (χ0n) is 29.4. The molecule has 1 fully saturated rings. The maximum Gasteiger partial charge on any atom is 0.324 e. The number of carbonyl (C=O) groups excluding carboxylic acids is 2. The molecule has 6 N–H and O–H groups in total. The molecule has 1 aliphatic rings. The van der Waals surface area contributed by atoms with Gasteiger partial charge in [0.2, 0.25) is 0 Å². The van der Waals surface area contributed by atoms with Crippen LogP contribution in [0.5, 0.6) is 5.75 Å². The fourth-order valence-electron chi connectivity index (χ4n) is 6.46. The number of H-pyrrole nitrogens is 2. The van der Waals surface area contributed by atoms with Crippen LogP contribution in [0.25, 0.3) is 44.1 Å². The van der Waals surface area contributed by atoms with Crippen LogP contribution >= 0.6 is 23.2 Å². The number of hydrogen-bond acceptors (Lipinski definition) is 5. The van der Waals surface area contributed by atoms with Crippen molar-refractivity contribution >= 4 is 74.4 Å². The molecular weight excluding hydrogens is 723 g/mol. The van der Waals surface area contributed by atoms with E-state index in [-0.39, 0.29) is 12.1 Å². The highest BCUT2D eigenvalue weighted by Gasteiger charge is 2.18. The van der Waals surface area contributed by atoms with Crippen LogP contribution in [-0.4, -0.2) is 45.6 Å². The Balaban J connectivity index is 0.000000167. The Morgan fingerprint density at radius 2 is 1.15 bits per heavy atom. The SMILES string of the molecule is COc1ccc(NC(=O)Nc2n[nH]c3cc(Cl)c(-c4ccccc4)cc23)cc1.O=C(Nc1n[nH]c2cc(Cl)c(-c3ccccc3)cc12)NC1CCCCC1. The normalized spacial score (nSPS) is 12.8. The molecule has 274 valence electrons. The first-order valence-corrected chi connectivity index (χ1v) is 18.4. The third kappa shape index (κ3) is 8.60. The van der Waals surface area contributed by atoms with Crippen molar-refractivity contribution in [3.63, 3.8) is 0 Å². The van der Waals surface area contributed by atoms with Crippen molar-refractivity contribution in [1.82, 2.24) is 25.7 Å². The molecule has 2 aromatic heterocycles. The quantitative estimate of drug-likeness (QED) is 0.0956. The van der Waals surface area contributed by atoms with Gasteiger partial charge < -0.3 is 15.4 Å². The summed E-state index contributed by atoms with van der Waals surface area (Å²) in [7, 11) is 1.59. The van der Waals surface area contributed by atoms with Crippen LogP contribution in [-0.2, 0) is 0 Å². The summed E-state index contributed by atoms with van der Waals surface area (Å²) in [5, 5.41) is 28.6. The summed E-state index contributed by atoms with van der Waals surface area (Å²) in [4.78, 5) is 24.7. The van der Waals surface area contributed by atoms with Crippen LogP contribution in [0.15, 0.2) is 109 Å². The summed E-state index contributed by atoms with van der Waals surface area (Å²) >= 11 is 12.9. The van der Waals surface area contributed by atoms with Gasteiger partial charge in [0.05, 0.1) is 28.2 Å². The Labute approximate surface area is 321 Å².